The number of piperidine rings is 1. The average Bonchev–Trinajstić information content (AvgIpc) is 3.33. The number of hydrogen-bond donors (Lipinski definition) is 2. The van der Waals surface area contributed by atoms with Crippen molar-refractivity contribution in [3.05, 3.63) is 40.7 Å². The quantitative estimate of drug-likeness (QED) is 0.731. The lowest BCUT2D eigenvalue weighted by molar-refractivity contribution is 0.102. The van der Waals surface area contributed by atoms with Gasteiger partial charge in [-0.15, -0.1) is 22.7 Å². The van der Waals surface area contributed by atoms with Crippen LogP contribution in [0.4, 0.5) is 5.13 Å². The van der Waals surface area contributed by atoms with Crippen LogP contribution in [-0.2, 0) is 0 Å². The van der Waals surface area contributed by atoms with Gasteiger partial charge in [-0.05, 0) is 31.8 Å². The highest BCUT2D eigenvalue weighted by Crippen LogP contribution is 2.32. The van der Waals surface area contributed by atoms with Gasteiger partial charge in [-0.1, -0.05) is 0 Å². The van der Waals surface area contributed by atoms with Gasteiger partial charge in [0.2, 0.25) is 0 Å². The molecule has 1 fully saturated rings. The smallest absolute Gasteiger partial charge is 0.276 e. The lowest BCUT2D eigenvalue weighted by Gasteiger charge is -2.20. The Balaban J connectivity index is 1.44. The second-order valence-electron chi connectivity index (χ2n) is 5.67. The zero-order valence-corrected chi connectivity index (χ0v) is 14.9. The lowest BCUT2D eigenvalue weighted by Crippen LogP contribution is -2.26. The third-order valence-electron chi connectivity index (χ3n) is 4.00. The summed E-state index contributed by atoms with van der Waals surface area (Å²) in [6, 6.07) is 0. The minimum absolute atomic E-state index is 0.252. The van der Waals surface area contributed by atoms with Gasteiger partial charge >= 0.3 is 0 Å². The molecule has 0 unspecified atom stereocenters. The molecule has 3 aromatic heterocycles. The van der Waals surface area contributed by atoms with E-state index in [1.165, 1.54) is 16.2 Å². The highest BCUT2D eigenvalue weighted by Gasteiger charge is 2.19. The summed E-state index contributed by atoms with van der Waals surface area (Å²) in [6.07, 6.45) is 8.95. The zero-order chi connectivity index (χ0) is 17.1. The van der Waals surface area contributed by atoms with Crippen molar-refractivity contribution in [3.8, 4) is 10.7 Å². The van der Waals surface area contributed by atoms with Crippen molar-refractivity contribution in [2.75, 3.05) is 18.4 Å². The molecule has 0 saturated carbocycles. The molecule has 0 atom stereocenters. The summed E-state index contributed by atoms with van der Waals surface area (Å²) in [5, 5.41) is 9.22. The molecule has 25 heavy (non-hydrogen) atoms. The number of anilines is 1. The normalized spacial score (nSPS) is 15.2. The Morgan fingerprint density at radius 2 is 2.08 bits per heavy atom. The average molecular weight is 372 g/mol. The topological polar surface area (TPSA) is 92.7 Å². The van der Waals surface area contributed by atoms with Crippen molar-refractivity contribution >= 4 is 33.7 Å². The number of nitrogens with zero attached hydrogens (tertiary/aromatic N) is 4. The Labute approximate surface area is 152 Å². The Kier molecular flexibility index (Phi) is 4.77. The fraction of sp³-hybridized carbons (Fsp3) is 0.312. The third-order valence-corrected chi connectivity index (χ3v) is 5.94. The van der Waals surface area contributed by atoms with Gasteiger partial charge in [-0.3, -0.25) is 20.1 Å². The van der Waals surface area contributed by atoms with Crippen molar-refractivity contribution in [2.45, 2.75) is 18.8 Å². The van der Waals surface area contributed by atoms with Crippen LogP contribution in [-0.4, -0.2) is 38.9 Å². The lowest BCUT2D eigenvalue weighted by atomic mass is 9.97. The molecule has 1 aliphatic heterocycles. The van der Waals surface area contributed by atoms with Gasteiger partial charge in [0, 0.05) is 28.8 Å². The minimum atomic E-state index is -0.252. The van der Waals surface area contributed by atoms with Crippen LogP contribution in [0.3, 0.4) is 0 Å². The van der Waals surface area contributed by atoms with E-state index in [2.05, 4.69) is 30.6 Å². The van der Waals surface area contributed by atoms with Gasteiger partial charge in [0.25, 0.3) is 5.91 Å². The summed E-state index contributed by atoms with van der Waals surface area (Å²) in [6.45, 7) is 2.07. The Bertz CT molecular complexity index is 856. The van der Waals surface area contributed by atoms with Gasteiger partial charge < -0.3 is 5.32 Å². The van der Waals surface area contributed by atoms with E-state index in [0.29, 0.717) is 27.4 Å². The Morgan fingerprint density at radius 3 is 2.88 bits per heavy atom. The molecular weight excluding hydrogens is 356 g/mol. The summed E-state index contributed by atoms with van der Waals surface area (Å²) >= 11 is 2.92. The van der Waals surface area contributed by atoms with Crippen molar-refractivity contribution in [2.24, 2.45) is 0 Å². The van der Waals surface area contributed by atoms with Crippen LogP contribution in [0, 0.1) is 0 Å². The molecule has 0 spiro atoms. The van der Waals surface area contributed by atoms with E-state index in [1.807, 2.05) is 6.20 Å². The van der Waals surface area contributed by atoms with Gasteiger partial charge in [0.05, 0.1) is 6.20 Å². The van der Waals surface area contributed by atoms with E-state index < -0.39 is 0 Å². The van der Waals surface area contributed by atoms with E-state index in [4.69, 9.17) is 0 Å². The maximum atomic E-state index is 12.4. The molecule has 7 nitrogen and oxygen atoms in total. The predicted octanol–water partition coefficient (Wildman–Crippen LogP) is 2.78. The van der Waals surface area contributed by atoms with Gasteiger partial charge in [0.1, 0.15) is 16.4 Å². The monoisotopic (exact) mass is 372 g/mol. The van der Waals surface area contributed by atoms with Gasteiger partial charge in [-0.25, -0.2) is 9.97 Å². The first-order chi connectivity index (χ1) is 12.3. The van der Waals surface area contributed by atoms with Crippen LogP contribution >= 0.6 is 22.7 Å². The van der Waals surface area contributed by atoms with E-state index in [9.17, 15) is 4.79 Å². The fourth-order valence-corrected chi connectivity index (χ4v) is 4.45. The highest BCUT2D eigenvalue weighted by molar-refractivity contribution is 7.16. The summed E-state index contributed by atoms with van der Waals surface area (Å²) in [4.78, 5) is 30.5. The predicted molar refractivity (Wildman–Crippen MR) is 98.1 cm³/mol. The van der Waals surface area contributed by atoms with E-state index in [0.717, 1.165) is 25.9 Å². The van der Waals surface area contributed by atoms with Crippen molar-refractivity contribution in [1.82, 2.24) is 25.3 Å². The standard InChI is InChI=1S/C16H16N6OS2/c23-14(12-9-24-15(21-12)11-7-18-5-6-19-11)22-16-20-8-13(25-16)10-1-3-17-4-2-10/h5-10,17H,1-4H2,(H,20,22,23). The largest absolute Gasteiger partial charge is 0.317 e. The molecule has 4 rings (SSSR count). The van der Waals surface area contributed by atoms with Crippen molar-refractivity contribution < 1.29 is 4.79 Å². The number of hydrogen-bond acceptors (Lipinski definition) is 8. The molecule has 128 valence electrons. The number of carbonyl (C=O) groups is 1. The van der Waals surface area contributed by atoms with Gasteiger partial charge in [-0.2, -0.15) is 0 Å². The Morgan fingerprint density at radius 1 is 1.20 bits per heavy atom. The molecule has 0 bridgehead atoms. The molecule has 1 saturated heterocycles. The molecule has 0 aliphatic carbocycles. The molecule has 2 N–H and O–H groups in total. The molecule has 1 aliphatic rings. The molecule has 4 heterocycles. The number of aromatic nitrogens is 4. The van der Waals surface area contributed by atoms with Crippen LogP contribution in [0.15, 0.2) is 30.2 Å². The Hall–Kier alpha value is -2.23. The first-order valence-corrected chi connectivity index (χ1v) is 9.69. The SMILES string of the molecule is O=C(Nc1ncc(C2CCNCC2)s1)c1csc(-c2cnccn2)n1. The zero-order valence-electron chi connectivity index (χ0n) is 13.3. The van der Waals surface area contributed by atoms with Crippen LogP contribution in [0.1, 0.15) is 34.1 Å². The van der Waals surface area contributed by atoms with Crippen LogP contribution in [0.5, 0.6) is 0 Å². The second kappa shape index (κ2) is 7.34. The first-order valence-electron chi connectivity index (χ1n) is 7.99. The number of nitrogens with one attached hydrogen (secondary N) is 2. The van der Waals surface area contributed by atoms with Crippen LogP contribution in [0.2, 0.25) is 0 Å². The van der Waals surface area contributed by atoms with Crippen molar-refractivity contribution in [1.29, 1.82) is 0 Å². The van der Waals surface area contributed by atoms with E-state index in [-0.39, 0.29) is 5.91 Å². The van der Waals surface area contributed by atoms with Crippen LogP contribution in [0.25, 0.3) is 10.7 Å². The summed E-state index contributed by atoms with van der Waals surface area (Å²) < 4.78 is 0. The minimum Gasteiger partial charge on any atom is -0.317 e. The maximum absolute atomic E-state index is 12.4. The summed E-state index contributed by atoms with van der Waals surface area (Å²) in [5.74, 6) is 0.282. The third kappa shape index (κ3) is 3.73. The maximum Gasteiger partial charge on any atom is 0.276 e. The number of rotatable bonds is 4. The first kappa shape index (κ1) is 16.2. The number of amides is 1. The number of carbonyl (C=O) groups excluding carboxylic acids is 1. The van der Waals surface area contributed by atoms with Crippen LogP contribution < -0.4 is 10.6 Å². The molecule has 0 radical (unpaired) electrons. The number of thiazole rings is 2. The molecule has 1 amide bonds. The highest BCUT2D eigenvalue weighted by atomic mass is 32.1. The molecular formula is C16H16N6OS2. The fourth-order valence-electron chi connectivity index (χ4n) is 2.71. The molecule has 0 aromatic carbocycles. The van der Waals surface area contributed by atoms with Gasteiger partial charge in [0.15, 0.2) is 5.13 Å². The summed E-state index contributed by atoms with van der Waals surface area (Å²) in [7, 11) is 0. The van der Waals surface area contributed by atoms with Crippen molar-refractivity contribution in [3.63, 3.8) is 0 Å². The molecule has 3 aromatic rings. The summed E-state index contributed by atoms with van der Waals surface area (Å²) in [5.41, 5.74) is 1.03. The molecule has 9 heteroatoms. The van der Waals surface area contributed by atoms with E-state index >= 15 is 0 Å². The van der Waals surface area contributed by atoms with E-state index in [1.54, 1.807) is 35.3 Å². The second-order valence-corrected chi connectivity index (χ2v) is 7.60.